The van der Waals surface area contributed by atoms with Crippen LogP contribution in [0.25, 0.3) is 10.9 Å². The Bertz CT molecular complexity index is 1170. The van der Waals surface area contributed by atoms with Crippen molar-refractivity contribution in [3.05, 3.63) is 47.9 Å². The van der Waals surface area contributed by atoms with E-state index in [0.29, 0.717) is 30.2 Å². The average molecular weight is 469 g/mol. The van der Waals surface area contributed by atoms with Gasteiger partial charge >= 0.3 is 0 Å². The summed E-state index contributed by atoms with van der Waals surface area (Å²) in [7, 11) is 1.61. The quantitative estimate of drug-likeness (QED) is 0.351. The number of nitrogens with one attached hydrogen (secondary N) is 2. The number of carbonyl (C=O) groups is 1. The molecule has 10 heteroatoms. The monoisotopic (exact) mass is 468 g/mol. The highest BCUT2D eigenvalue weighted by Crippen LogP contribution is 2.29. The van der Waals surface area contributed by atoms with Crippen LogP contribution in [0.15, 0.2) is 36.5 Å². The molecule has 0 aliphatic heterocycles. The molecule has 34 heavy (non-hydrogen) atoms. The predicted octanol–water partition coefficient (Wildman–Crippen LogP) is 3.32. The van der Waals surface area contributed by atoms with E-state index in [9.17, 15) is 9.18 Å². The fourth-order valence-electron chi connectivity index (χ4n) is 4.08. The second-order valence-corrected chi connectivity index (χ2v) is 8.30. The van der Waals surface area contributed by atoms with E-state index in [4.69, 9.17) is 20.9 Å². The maximum atomic E-state index is 14.8. The molecule has 0 bridgehead atoms. The largest absolute Gasteiger partial charge is 0.489 e. The van der Waals surface area contributed by atoms with Gasteiger partial charge in [-0.2, -0.15) is 0 Å². The minimum atomic E-state index is -0.794. The number of pyridine rings is 2. The lowest BCUT2D eigenvalue weighted by atomic mass is 9.91. The number of nitrogens with two attached hydrogens (primary N) is 2. The van der Waals surface area contributed by atoms with Crippen LogP contribution in [0.5, 0.6) is 5.75 Å². The Morgan fingerprint density at radius 3 is 2.79 bits per heavy atom. The van der Waals surface area contributed by atoms with Crippen LogP contribution in [0.2, 0.25) is 0 Å². The van der Waals surface area contributed by atoms with Crippen LogP contribution >= 0.6 is 0 Å². The molecule has 180 valence electrons. The van der Waals surface area contributed by atoms with Gasteiger partial charge in [0.2, 0.25) is 0 Å². The zero-order chi connectivity index (χ0) is 24.1. The van der Waals surface area contributed by atoms with Gasteiger partial charge in [-0.15, -0.1) is 0 Å². The summed E-state index contributed by atoms with van der Waals surface area (Å²) in [6, 6.07) is 8.32. The van der Waals surface area contributed by atoms with Crippen molar-refractivity contribution >= 4 is 34.1 Å². The number of aromatic nitrogens is 2. The summed E-state index contributed by atoms with van der Waals surface area (Å²) in [6.07, 6.45) is 5.34. The first-order chi connectivity index (χ1) is 16.5. The van der Waals surface area contributed by atoms with Gasteiger partial charge < -0.3 is 31.6 Å². The van der Waals surface area contributed by atoms with Gasteiger partial charge in [0.15, 0.2) is 11.6 Å². The number of methoxy groups -OCH3 is 1. The fraction of sp³-hybridized carbons (Fsp3) is 0.375. The van der Waals surface area contributed by atoms with E-state index in [2.05, 4.69) is 20.6 Å². The third-order valence-electron chi connectivity index (χ3n) is 5.86. The van der Waals surface area contributed by atoms with Gasteiger partial charge in [0, 0.05) is 24.6 Å². The molecule has 1 aliphatic carbocycles. The molecule has 1 fully saturated rings. The van der Waals surface area contributed by atoms with Gasteiger partial charge in [-0.25, -0.2) is 9.37 Å². The number of hydrogen-bond acceptors (Lipinski definition) is 8. The lowest BCUT2D eigenvalue weighted by Crippen LogP contribution is -2.43. The maximum Gasteiger partial charge on any atom is 0.252 e. The normalized spacial score (nSPS) is 18.0. The SMILES string of the molecule is COCCOc1cccc2cc(Nc3nc(NC4CCCCC4N)c(F)cc3C(N)=O)cnc12. The van der Waals surface area contributed by atoms with Crippen molar-refractivity contribution < 1.29 is 18.7 Å². The van der Waals surface area contributed by atoms with E-state index in [-0.39, 0.29) is 29.3 Å². The van der Waals surface area contributed by atoms with Crippen LogP contribution in [0, 0.1) is 5.82 Å². The molecule has 9 nitrogen and oxygen atoms in total. The lowest BCUT2D eigenvalue weighted by molar-refractivity contribution is 0.100. The van der Waals surface area contributed by atoms with E-state index in [1.54, 1.807) is 13.3 Å². The molecule has 1 amide bonds. The lowest BCUT2D eigenvalue weighted by Gasteiger charge is -2.30. The minimum absolute atomic E-state index is 0.0254. The van der Waals surface area contributed by atoms with Crippen LogP contribution in [-0.4, -0.2) is 48.3 Å². The Kier molecular flexibility index (Phi) is 7.39. The number of hydrogen-bond donors (Lipinski definition) is 4. The van der Waals surface area contributed by atoms with Crippen molar-refractivity contribution in [2.24, 2.45) is 11.5 Å². The molecular formula is C24H29FN6O3. The van der Waals surface area contributed by atoms with Crippen LogP contribution < -0.4 is 26.8 Å². The Morgan fingerprint density at radius 1 is 1.21 bits per heavy atom. The molecule has 2 aromatic heterocycles. The summed E-state index contributed by atoms with van der Waals surface area (Å²) in [5, 5.41) is 6.98. The molecule has 0 saturated heterocycles. The Labute approximate surface area is 197 Å². The second-order valence-electron chi connectivity index (χ2n) is 8.30. The van der Waals surface area contributed by atoms with Gasteiger partial charge in [0.25, 0.3) is 5.91 Å². The molecule has 3 aromatic rings. The fourth-order valence-corrected chi connectivity index (χ4v) is 4.08. The highest BCUT2D eigenvalue weighted by Gasteiger charge is 2.24. The molecule has 2 unspecified atom stereocenters. The summed E-state index contributed by atoms with van der Waals surface area (Å²) >= 11 is 0. The Morgan fingerprint density at radius 2 is 2.03 bits per heavy atom. The van der Waals surface area contributed by atoms with Crippen molar-refractivity contribution in [2.45, 2.75) is 37.8 Å². The van der Waals surface area contributed by atoms with Crippen LogP contribution in [0.1, 0.15) is 36.0 Å². The number of halogens is 1. The van der Waals surface area contributed by atoms with Crippen molar-refractivity contribution in [1.82, 2.24) is 9.97 Å². The molecule has 1 saturated carbocycles. The van der Waals surface area contributed by atoms with Crippen LogP contribution in [-0.2, 0) is 4.74 Å². The van der Waals surface area contributed by atoms with Crippen LogP contribution in [0.3, 0.4) is 0 Å². The second kappa shape index (κ2) is 10.6. The third kappa shape index (κ3) is 5.35. The number of ether oxygens (including phenoxy) is 2. The van der Waals surface area contributed by atoms with Gasteiger partial charge in [0.1, 0.15) is 23.7 Å². The topological polar surface area (TPSA) is 137 Å². The smallest absolute Gasteiger partial charge is 0.252 e. The number of primary amides is 1. The molecule has 6 N–H and O–H groups in total. The van der Waals surface area contributed by atoms with Gasteiger partial charge in [-0.05, 0) is 31.0 Å². The predicted molar refractivity (Wildman–Crippen MR) is 129 cm³/mol. The number of para-hydroxylation sites is 1. The van der Waals surface area contributed by atoms with E-state index in [0.717, 1.165) is 37.1 Å². The first-order valence-electron chi connectivity index (χ1n) is 11.3. The van der Waals surface area contributed by atoms with Gasteiger partial charge in [-0.3, -0.25) is 9.78 Å². The van der Waals surface area contributed by atoms with Crippen molar-refractivity contribution in [2.75, 3.05) is 31.0 Å². The van der Waals surface area contributed by atoms with E-state index in [1.165, 1.54) is 0 Å². The molecular weight excluding hydrogens is 439 g/mol. The maximum absolute atomic E-state index is 14.8. The molecule has 0 radical (unpaired) electrons. The van der Waals surface area contributed by atoms with Crippen molar-refractivity contribution in [3.63, 3.8) is 0 Å². The van der Waals surface area contributed by atoms with Gasteiger partial charge in [0.05, 0.1) is 24.1 Å². The molecule has 4 rings (SSSR count). The molecule has 2 heterocycles. The highest BCUT2D eigenvalue weighted by atomic mass is 19.1. The first kappa shape index (κ1) is 23.7. The number of benzene rings is 1. The highest BCUT2D eigenvalue weighted by molar-refractivity contribution is 5.99. The van der Waals surface area contributed by atoms with E-state index in [1.807, 2.05) is 24.3 Å². The summed E-state index contributed by atoms with van der Waals surface area (Å²) in [5.41, 5.74) is 12.9. The number of amides is 1. The summed E-state index contributed by atoms with van der Waals surface area (Å²) in [4.78, 5) is 20.8. The van der Waals surface area contributed by atoms with Crippen molar-refractivity contribution in [3.8, 4) is 5.75 Å². The summed E-state index contributed by atoms with van der Waals surface area (Å²) in [6.45, 7) is 0.865. The van der Waals surface area contributed by atoms with E-state index < -0.39 is 11.7 Å². The summed E-state index contributed by atoms with van der Waals surface area (Å²) < 4.78 is 25.5. The number of nitrogens with zero attached hydrogens (tertiary/aromatic N) is 2. The molecule has 0 spiro atoms. The van der Waals surface area contributed by atoms with Crippen molar-refractivity contribution in [1.29, 1.82) is 0 Å². The standard InChI is InChI=1S/C24H29FN6O3/c1-33-9-10-34-20-8-4-5-14-11-15(13-28-21(14)20)29-23-16(22(27)32)12-17(25)24(31-23)30-19-7-3-2-6-18(19)26/h4-5,8,11-13,18-19H,2-3,6-7,9-10,26H2,1H3,(H2,27,32)(H2,29,30,31). The molecule has 2 atom stereocenters. The average Bonchev–Trinajstić information content (AvgIpc) is 2.82. The van der Waals surface area contributed by atoms with Crippen LogP contribution in [0.4, 0.5) is 21.7 Å². The zero-order valence-corrected chi connectivity index (χ0v) is 19.0. The molecule has 1 aromatic carbocycles. The zero-order valence-electron chi connectivity index (χ0n) is 19.0. The number of anilines is 3. The Hall–Kier alpha value is -3.50. The Balaban J connectivity index is 1.62. The first-order valence-corrected chi connectivity index (χ1v) is 11.3. The van der Waals surface area contributed by atoms with E-state index >= 15 is 0 Å². The number of rotatable bonds is 9. The summed E-state index contributed by atoms with van der Waals surface area (Å²) in [5.74, 6) is -0.662. The van der Waals surface area contributed by atoms with Gasteiger partial charge in [-0.1, -0.05) is 25.0 Å². The minimum Gasteiger partial charge on any atom is -0.489 e. The molecule has 1 aliphatic rings. The number of fused-ring (bicyclic) bond motifs is 1. The third-order valence-corrected chi connectivity index (χ3v) is 5.86. The number of carbonyl (C=O) groups excluding carboxylic acids is 1.